The molecule has 1 heterocycles. The Labute approximate surface area is 121 Å². The number of hydrogen-bond donors (Lipinski definition) is 1. The summed E-state index contributed by atoms with van der Waals surface area (Å²) in [6, 6.07) is 11.9. The zero-order chi connectivity index (χ0) is 14.1. The van der Waals surface area contributed by atoms with Gasteiger partial charge >= 0.3 is 0 Å². The van der Waals surface area contributed by atoms with Gasteiger partial charge in [-0.05, 0) is 30.3 Å². The number of carbonyl (C=O) groups excluding carboxylic acids is 1. The summed E-state index contributed by atoms with van der Waals surface area (Å²) in [7, 11) is 0. The van der Waals surface area contributed by atoms with E-state index in [9.17, 15) is 9.90 Å². The Kier molecular flexibility index (Phi) is 3.24. The van der Waals surface area contributed by atoms with Crippen LogP contribution in [0, 0.1) is 0 Å². The van der Waals surface area contributed by atoms with Gasteiger partial charge in [0.05, 0.1) is 17.3 Å². The molecule has 2 aromatic rings. The van der Waals surface area contributed by atoms with Crippen LogP contribution in [0.25, 0.3) is 0 Å². The van der Waals surface area contributed by atoms with Crippen molar-refractivity contribution in [2.45, 2.75) is 0 Å². The summed E-state index contributed by atoms with van der Waals surface area (Å²) < 4.78 is 5.52. The summed E-state index contributed by atoms with van der Waals surface area (Å²) in [6.07, 6.45) is 0. The van der Waals surface area contributed by atoms with Crippen molar-refractivity contribution in [1.29, 1.82) is 0 Å². The highest BCUT2D eigenvalue weighted by Crippen LogP contribution is 2.32. The molecule has 0 aliphatic carbocycles. The Hall–Kier alpha value is -2.20. The third-order valence-electron chi connectivity index (χ3n) is 3.17. The van der Waals surface area contributed by atoms with Crippen LogP contribution >= 0.6 is 11.6 Å². The Morgan fingerprint density at radius 3 is 2.85 bits per heavy atom. The lowest BCUT2D eigenvalue weighted by molar-refractivity contribution is 0.0976. The van der Waals surface area contributed by atoms with E-state index in [2.05, 4.69) is 0 Å². The number of hydrogen-bond acceptors (Lipinski definition) is 3. The molecule has 1 amide bonds. The number of nitrogens with zero attached hydrogens (tertiary/aromatic N) is 1. The van der Waals surface area contributed by atoms with Gasteiger partial charge < -0.3 is 14.7 Å². The molecule has 0 bridgehead atoms. The van der Waals surface area contributed by atoms with Gasteiger partial charge in [0, 0.05) is 5.56 Å². The van der Waals surface area contributed by atoms with Crippen LogP contribution in [0.3, 0.4) is 0 Å². The fourth-order valence-corrected chi connectivity index (χ4v) is 2.30. The maximum atomic E-state index is 12.5. The molecular weight excluding hydrogens is 278 g/mol. The van der Waals surface area contributed by atoms with E-state index in [1.807, 2.05) is 24.3 Å². The van der Waals surface area contributed by atoms with Crippen LogP contribution < -0.4 is 9.64 Å². The minimum Gasteiger partial charge on any atom is -0.506 e. The molecule has 3 rings (SSSR count). The van der Waals surface area contributed by atoms with Crippen molar-refractivity contribution >= 4 is 23.2 Å². The molecule has 4 nitrogen and oxygen atoms in total. The zero-order valence-electron chi connectivity index (χ0n) is 10.5. The highest BCUT2D eigenvalue weighted by molar-refractivity contribution is 6.32. The van der Waals surface area contributed by atoms with Gasteiger partial charge in [-0.25, -0.2) is 0 Å². The van der Waals surface area contributed by atoms with Gasteiger partial charge in [0.1, 0.15) is 18.1 Å². The Bertz CT molecular complexity index is 672. The summed E-state index contributed by atoms with van der Waals surface area (Å²) in [5.41, 5.74) is 1.13. The summed E-state index contributed by atoms with van der Waals surface area (Å²) in [4.78, 5) is 14.2. The van der Waals surface area contributed by atoms with E-state index in [4.69, 9.17) is 16.3 Å². The van der Waals surface area contributed by atoms with Crippen molar-refractivity contribution in [3.63, 3.8) is 0 Å². The molecule has 0 saturated heterocycles. The molecule has 0 aromatic heterocycles. The maximum Gasteiger partial charge on any atom is 0.258 e. The van der Waals surface area contributed by atoms with Gasteiger partial charge in [0.15, 0.2) is 0 Å². The highest BCUT2D eigenvalue weighted by atomic mass is 35.5. The van der Waals surface area contributed by atoms with Crippen molar-refractivity contribution in [3.05, 3.63) is 53.1 Å². The number of anilines is 1. The normalized spacial score (nSPS) is 13.6. The molecule has 0 spiro atoms. The van der Waals surface area contributed by atoms with Crippen LogP contribution in [0.15, 0.2) is 42.5 Å². The molecule has 0 fully saturated rings. The molecule has 0 unspecified atom stereocenters. The van der Waals surface area contributed by atoms with E-state index in [1.165, 1.54) is 12.1 Å². The Morgan fingerprint density at radius 1 is 1.25 bits per heavy atom. The monoisotopic (exact) mass is 289 g/mol. The van der Waals surface area contributed by atoms with Crippen molar-refractivity contribution in [2.75, 3.05) is 18.1 Å². The van der Waals surface area contributed by atoms with E-state index in [0.29, 0.717) is 24.5 Å². The lowest BCUT2D eigenvalue weighted by atomic mass is 10.1. The standard InChI is InChI=1S/C15H12ClNO3/c16-11-6-5-10(9-13(11)18)15(19)17-7-8-20-14-4-2-1-3-12(14)17/h1-6,9,18H,7-8H2. The predicted molar refractivity (Wildman–Crippen MR) is 76.7 cm³/mol. The number of aromatic hydroxyl groups is 1. The maximum absolute atomic E-state index is 12.5. The second kappa shape index (κ2) is 5.06. The van der Waals surface area contributed by atoms with Crippen LogP contribution in [0.1, 0.15) is 10.4 Å². The molecule has 20 heavy (non-hydrogen) atoms. The van der Waals surface area contributed by atoms with Crippen LogP contribution in [0.5, 0.6) is 11.5 Å². The number of carbonyl (C=O) groups is 1. The fraction of sp³-hybridized carbons (Fsp3) is 0.133. The minimum absolute atomic E-state index is 0.0981. The number of halogens is 1. The number of amides is 1. The van der Waals surface area contributed by atoms with Gasteiger partial charge in [0.25, 0.3) is 5.91 Å². The topological polar surface area (TPSA) is 49.8 Å². The van der Waals surface area contributed by atoms with Gasteiger partial charge in [-0.3, -0.25) is 4.79 Å². The van der Waals surface area contributed by atoms with Gasteiger partial charge in [-0.2, -0.15) is 0 Å². The van der Waals surface area contributed by atoms with Crippen molar-refractivity contribution < 1.29 is 14.6 Å². The molecular formula is C15H12ClNO3. The molecule has 2 aromatic carbocycles. The largest absolute Gasteiger partial charge is 0.506 e. The second-order valence-corrected chi connectivity index (χ2v) is 4.85. The molecule has 102 valence electrons. The average molecular weight is 290 g/mol. The van der Waals surface area contributed by atoms with Crippen molar-refractivity contribution in [2.24, 2.45) is 0 Å². The zero-order valence-corrected chi connectivity index (χ0v) is 11.3. The van der Waals surface area contributed by atoms with Crippen LogP contribution in [0.4, 0.5) is 5.69 Å². The molecule has 1 aliphatic heterocycles. The first-order valence-corrected chi connectivity index (χ1v) is 6.57. The van der Waals surface area contributed by atoms with E-state index in [1.54, 1.807) is 11.0 Å². The van der Waals surface area contributed by atoms with Crippen LogP contribution in [0.2, 0.25) is 5.02 Å². The highest BCUT2D eigenvalue weighted by Gasteiger charge is 2.24. The van der Waals surface area contributed by atoms with Crippen molar-refractivity contribution in [3.8, 4) is 11.5 Å². The first kappa shape index (κ1) is 12.8. The van der Waals surface area contributed by atoms with Gasteiger partial charge in [0.2, 0.25) is 0 Å². The summed E-state index contributed by atoms with van der Waals surface area (Å²) in [6.45, 7) is 0.918. The van der Waals surface area contributed by atoms with Crippen LogP contribution in [-0.2, 0) is 0 Å². The summed E-state index contributed by atoms with van der Waals surface area (Å²) >= 11 is 5.76. The first-order valence-electron chi connectivity index (χ1n) is 6.19. The number of phenols is 1. The predicted octanol–water partition coefficient (Wildman–Crippen LogP) is 3.08. The molecule has 0 atom stereocenters. The molecule has 0 radical (unpaired) electrons. The Balaban J connectivity index is 1.97. The van der Waals surface area contributed by atoms with E-state index < -0.39 is 0 Å². The van der Waals surface area contributed by atoms with E-state index in [-0.39, 0.29) is 16.7 Å². The van der Waals surface area contributed by atoms with Crippen LogP contribution in [-0.4, -0.2) is 24.2 Å². The summed E-state index contributed by atoms with van der Waals surface area (Å²) in [5.74, 6) is 0.400. The third-order valence-corrected chi connectivity index (χ3v) is 3.49. The number of rotatable bonds is 1. The average Bonchev–Trinajstić information content (AvgIpc) is 2.49. The van der Waals surface area contributed by atoms with Gasteiger partial charge in [-0.15, -0.1) is 0 Å². The van der Waals surface area contributed by atoms with Gasteiger partial charge in [-0.1, -0.05) is 23.7 Å². The molecule has 1 aliphatic rings. The number of benzene rings is 2. The second-order valence-electron chi connectivity index (χ2n) is 4.44. The smallest absolute Gasteiger partial charge is 0.258 e. The van der Waals surface area contributed by atoms with E-state index in [0.717, 1.165) is 5.69 Å². The number of fused-ring (bicyclic) bond motifs is 1. The number of ether oxygens (including phenoxy) is 1. The lowest BCUT2D eigenvalue weighted by Gasteiger charge is -2.29. The number of phenolic OH excluding ortho intramolecular Hbond substituents is 1. The van der Waals surface area contributed by atoms with Crippen molar-refractivity contribution in [1.82, 2.24) is 0 Å². The molecule has 0 saturated carbocycles. The molecule has 1 N–H and O–H groups in total. The quantitative estimate of drug-likeness (QED) is 0.878. The lowest BCUT2D eigenvalue weighted by Crippen LogP contribution is -2.37. The van der Waals surface area contributed by atoms with E-state index >= 15 is 0 Å². The summed E-state index contributed by atoms with van der Waals surface area (Å²) in [5, 5.41) is 9.84. The fourth-order valence-electron chi connectivity index (χ4n) is 2.18. The third kappa shape index (κ3) is 2.18. The SMILES string of the molecule is O=C(c1ccc(Cl)c(O)c1)N1CCOc2ccccc21. The molecule has 5 heteroatoms. The first-order chi connectivity index (χ1) is 9.66. The Morgan fingerprint density at radius 2 is 2.05 bits per heavy atom. The minimum atomic E-state index is -0.187. The number of para-hydroxylation sites is 2.